The van der Waals surface area contributed by atoms with Gasteiger partial charge in [-0.05, 0) is 60.7 Å². The largest absolute Gasteiger partial charge is 0.487 e. The second-order valence-corrected chi connectivity index (χ2v) is 16.4. The molecule has 372 valence electrons. The maximum absolute atomic E-state index is 6.50. The molecule has 22 heteroatoms. The zero-order valence-corrected chi connectivity index (χ0v) is 39.8. The average molecular weight is 962 g/mol. The van der Waals surface area contributed by atoms with Gasteiger partial charge in [-0.1, -0.05) is 17.7 Å². The summed E-state index contributed by atoms with van der Waals surface area (Å²) >= 11 is 6.50. The molecule has 6 rings (SSSR count). The van der Waals surface area contributed by atoms with E-state index in [2.05, 4.69) is 35.7 Å². The molecule has 4 heterocycles. The molecule has 4 aromatic rings. The predicted octanol–water partition coefficient (Wildman–Crippen LogP) is 4.54. The van der Waals surface area contributed by atoms with E-state index in [0.717, 1.165) is 63.1 Å². The van der Waals surface area contributed by atoms with Gasteiger partial charge in [-0.3, -0.25) is 9.58 Å². The Labute approximate surface area is 398 Å². The number of halogens is 1. The second-order valence-electron chi connectivity index (χ2n) is 15.9. The van der Waals surface area contributed by atoms with E-state index in [1.54, 1.807) is 36.6 Å². The monoisotopic (exact) mass is 960 g/mol. The summed E-state index contributed by atoms with van der Waals surface area (Å²) < 4.78 is 65.4. The summed E-state index contributed by atoms with van der Waals surface area (Å²) in [6.45, 7) is 14.2. The third-order valence-electron chi connectivity index (χ3n) is 11.0. The van der Waals surface area contributed by atoms with Gasteiger partial charge in [-0.15, -0.1) is 10.2 Å². The Hall–Kier alpha value is -4.13. The fourth-order valence-electron chi connectivity index (χ4n) is 7.50. The topological polar surface area (TPSA) is 204 Å². The molecule has 0 amide bonds. The molecule has 0 spiro atoms. The molecule has 21 nitrogen and oxygen atoms in total. The summed E-state index contributed by atoms with van der Waals surface area (Å²) in [5.41, 5.74) is 2.36. The zero-order valence-electron chi connectivity index (χ0n) is 39.1. The molecule has 2 aliphatic rings. The minimum Gasteiger partial charge on any atom is -0.487 e. The zero-order chi connectivity index (χ0) is 46.6. The number of ether oxygens (including phenoxy) is 11. The van der Waals surface area contributed by atoms with Crippen LogP contribution in [0, 0.1) is 0 Å². The van der Waals surface area contributed by atoms with Crippen molar-refractivity contribution in [2.75, 3.05) is 144 Å². The summed E-state index contributed by atoms with van der Waals surface area (Å²) in [7, 11) is 1.65. The van der Waals surface area contributed by atoms with E-state index in [1.165, 1.54) is 0 Å². The van der Waals surface area contributed by atoms with Crippen molar-refractivity contribution < 1.29 is 52.1 Å². The van der Waals surface area contributed by atoms with Crippen molar-refractivity contribution in [2.24, 2.45) is 0 Å². The number of tetrazole rings is 1. The first kappa shape index (κ1) is 52.2. The maximum atomic E-state index is 6.50. The summed E-state index contributed by atoms with van der Waals surface area (Å²) in [4.78, 5) is 11.9. The SMILES string of the molecule is COCCOCCOCCOCCOCCOCCOCCOCCCOc1nn(C2CCC(N3CCOCC3)CC2)cc1Nc1ncc(-c2ccc(Cl)c(O[C@@H](C)Cn3cnnn3)c2)cn1. The quantitative estimate of drug-likeness (QED) is 0.0629. The Bertz CT molecular complexity index is 1890. The Morgan fingerprint density at radius 1 is 0.731 bits per heavy atom. The van der Waals surface area contributed by atoms with Crippen LogP contribution in [0.4, 0.5) is 11.6 Å². The molecule has 1 aromatic carbocycles. The molecule has 0 bridgehead atoms. The molecule has 1 saturated heterocycles. The number of rotatable bonds is 35. The van der Waals surface area contributed by atoms with Crippen LogP contribution in [0.2, 0.25) is 5.02 Å². The van der Waals surface area contributed by atoms with Crippen LogP contribution < -0.4 is 14.8 Å². The van der Waals surface area contributed by atoms with Crippen LogP contribution >= 0.6 is 11.6 Å². The molecular formula is C45H69ClN10O11. The lowest BCUT2D eigenvalue weighted by Gasteiger charge is -2.38. The minimum atomic E-state index is -0.226. The molecule has 67 heavy (non-hydrogen) atoms. The fourth-order valence-corrected chi connectivity index (χ4v) is 7.66. The Balaban J connectivity index is 0.872. The van der Waals surface area contributed by atoms with Gasteiger partial charge in [0.05, 0.1) is 136 Å². The van der Waals surface area contributed by atoms with Crippen LogP contribution in [0.15, 0.2) is 43.1 Å². The number of benzene rings is 1. The molecular weight excluding hydrogens is 892 g/mol. The first-order chi connectivity index (χ1) is 33.1. The van der Waals surface area contributed by atoms with Crippen molar-refractivity contribution in [1.82, 2.24) is 44.9 Å². The van der Waals surface area contributed by atoms with Crippen LogP contribution in [0.3, 0.4) is 0 Å². The number of hydrogen-bond donors (Lipinski definition) is 1. The standard InChI is InChI=1S/C45H69ClN10O11/c1-36(33-55-35-49-52-53-55)67-43-30-37(4-9-41(43)46)38-31-47-45(48-32-38)50-42-34-56(40-7-5-39(6-8-40)54-10-14-59-15-11-54)51-44(42)66-13-3-12-58-18-19-61-22-23-63-26-27-65-29-28-64-25-24-62-21-20-60-17-16-57-2/h4,9,30-32,34-36,39-40H,3,5-8,10-29,33H2,1-2H3,(H,47,48,50)/t36-,39?,40?/m0/s1. The molecule has 1 aliphatic heterocycles. The molecule has 1 aliphatic carbocycles. The highest BCUT2D eigenvalue weighted by Gasteiger charge is 2.29. The number of nitrogens with one attached hydrogen (secondary N) is 1. The summed E-state index contributed by atoms with van der Waals surface area (Å²) in [6, 6.07) is 6.44. The number of aromatic nitrogens is 8. The number of anilines is 2. The smallest absolute Gasteiger partial charge is 0.256 e. The Morgan fingerprint density at radius 2 is 1.31 bits per heavy atom. The van der Waals surface area contributed by atoms with Crippen molar-refractivity contribution in [2.45, 2.75) is 63.8 Å². The van der Waals surface area contributed by atoms with Gasteiger partial charge in [0.15, 0.2) is 0 Å². The third kappa shape index (κ3) is 19.4. The normalized spacial score (nSPS) is 17.2. The van der Waals surface area contributed by atoms with Gasteiger partial charge in [-0.2, -0.15) is 0 Å². The van der Waals surface area contributed by atoms with Gasteiger partial charge in [-0.25, -0.2) is 14.6 Å². The summed E-state index contributed by atoms with van der Waals surface area (Å²) in [5.74, 6) is 1.46. The Morgan fingerprint density at radius 3 is 1.90 bits per heavy atom. The summed E-state index contributed by atoms with van der Waals surface area (Å²) in [5, 5.41) is 20.1. The van der Waals surface area contributed by atoms with Gasteiger partial charge in [0.25, 0.3) is 5.88 Å². The van der Waals surface area contributed by atoms with Gasteiger partial charge < -0.3 is 57.4 Å². The Kier molecular flexibility index (Phi) is 24.2. The van der Waals surface area contributed by atoms with Gasteiger partial charge in [0.2, 0.25) is 5.95 Å². The molecule has 0 radical (unpaired) electrons. The fraction of sp³-hybridized carbons (Fsp3) is 0.689. The molecule has 1 saturated carbocycles. The molecule has 0 unspecified atom stereocenters. The van der Waals surface area contributed by atoms with Crippen LogP contribution in [-0.2, 0) is 49.2 Å². The van der Waals surface area contributed by atoms with E-state index in [1.807, 2.05) is 29.9 Å². The van der Waals surface area contributed by atoms with Crippen molar-refractivity contribution in [1.29, 1.82) is 0 Å². The molecule has 2 fully saturated rings. The highest BCUT2D eigenvalue weighted by Crippen LogP contribution is 2.35. The minimum absolute atomic E-state index is 0.226. The van der Waals surface area contributed by atoms with E-state index in [0.29, 0.717) is 153 Å². The average Bonchev–Trinajstić information content (AvgIpc) is 4.02. The van der Waals surface area contributed by atoms with E-state index in [-0.39, 0.29) is 12.1 Å². The van der Waals surface area contributed by atoms with E-state index in [9.17, 15) is 0 Å². The molecule has 1 N–H and O–H groups in total. The lowest BCUT2D eigenvalue weighted by molar-refractivity contribution is -0.0223. The van der Waals surface area contributed by atoms with E-state index >= 15 is 0 Å². The van der Waals surface area contributed by atoms with Crippen LogP contribution in [-0.4, -0.2) is 196 Å². The number of morpholine rings is 1. The molecule has 1 atom stereocenters. The van der Waals surface area contributed by atoms with Crippen LogP contribution in [0.1, 0.15) is 45.1 Å². The highest BCUT2D eigenvalue weighted by atomic mass is 35.5. The highest BCUT2D eigenvalue weighted by molar-refractivity contribution is 6.32. The predicted molar refractivity (Wildman–Crippen MR) is 247 cm³/mol. The number of hydrogen-bond acceptors (Lipinski definition) is 19. The lowest BCUT2D eigenvalue weighted by atomic mass is 9.90. The first-order valence-corrected chi connectivity index (χ1v) is 23.8. The lowest BCUT2D eigenvalue weighted by Crippen LogP contribution is -2.45. The van der Waals surface area contributed by atoms with E-state index in [4.69, 9.17) is 68.8 Å². The third-order valence-corrected chi connectivity index (χ3v) is 11.3. The second kappa shape index (κ2) is 31.1. The van der Waals surface area contributed by atoms with E-state index < -0.39 is 0 Å². The van der Waals surface area contributed by atoms with Gasteiger partial charge in [0.1, 0.15) is 23.9 Å². The van der Waals surface area contributed by atoms with Crippen LogP contribution in [0.25, 0.3) is 11.1 Å². The van der Waals surface area contributed by atoms with Crippen molar-refractivity contribution in [3.8, 4) is 22.8 Å². The van der Waals surface area contributed by atoms with Gasteiger partial charge >= 0.3 is 0 Å². The number of nitrogens with zero attached hydrogens (tertiary/aromatic N) is 9. The van der Waals surface area contributed by atoms with Crippen molar-refractivity contribution >= 4 is 23.2 Å². The number of methoxy groups -OCH3 is 1. The van der Waals surface area contributed by atoms with Crippen molar-refractivity contribution in [3.63, 3.8) is 0 Å². The van der Waals surface area contributed by atoms with Crippen LogP contribution in [0.5, 0.6) is 11.6 Å². The van der Waals surface area contributed by atoms with Gasteiger partial charge in [0, 0.05) is 57.2 Å². The maximum Gasteiger partial charge on any atom is 0.256 e. The first-order valence-electron chi connectivity index (χ1n) is 23.4. The summed E-state index contributed by atoms with van der Waals surface area (Å²) in [6.07, 6.45) is 11.8. The molecule has 3 aromatic heterocycles. The van der Waals surface area contributed by atoms with Crippen molar-refractivity contribution in [3.05, 3.63) is 48.1 Å².